The molecule has 19 heavy (non-hydrogen) atoms. The van der Waals surface area contributed by atoms with Gasteiger partial charge in [0.2, 0.25) is 0 Å². The molecule has 1 aliphatic rings. The third-order valence-electron chi connectivity index (χ3n) is 3.44. The first kappa shape index (κ1) is 13.5. The standard InChI is InChI=1S/C12H18N4O3/c1-13-11-5-9(16(18)19)6-12(15-11)14-7-8-3-2-4-10(8)17/h5-6,8,10,17H,2-4,7H2,1H3,(H2,13,14,15). The number of aliphatic hydroxyl groups is 1. The van der Waals surface area contributed by atoms with Gasteiger partial charge in [0.25, 0.3) is 5.69 Å². The van der Waals surface area contributed by atoms with Gasteiger partial charge in [0.1, 0.15) is 11.6 Å². The van der Waals surface area contributed by atoms with Crippen LogP contribution in [-0.4, -0.2) is 34.7 Å². The van der Waals surface area contributed by atoms with Gasteiger partial charge in [-0.1, -0.05) is 6.42 Å². The fraction of sp³-hybridized carbons (Fsp3) is 0.583. The molecule has 2 unspecified atom stereocenters. The van der Waals surface area contributed by atoms with E-state index in [0.717, 1.165) is 19.3 Å². The van der Waals surface area contributed by atoms with E-state index in [1.165, 1.54) is 12.1 Å². The molecule has 0 amide bonds. The maximum absolute atomic E-state index is 10.8. The lowest BCUT2D eigenvalue weighted by Crippen LogP contribution is -2.22. The molecule has 3 N–H and O–H groups in total. The Kier molecular flexibility index (Phi) is 4.16. The second-order valence-corrected chi connectivity index (χ2v) is 4.74. The number of nitrogens with one attached hydrogen (secondary N) is 2. The van der Waals surface area contributed by atoms with Crippen LogP contribution in [0.3, 0.4) is 0 Å². The fourth-order valence-electron chi connectivity index (χ4n) is 2.33. The quantitative estimate of drug-likeness (QED) is 0.553. The minimum absolute atomic E-state index is 0.00572. The number of aromatic nitrogens is 1. The number of aliphatic hydroxyl groups excluding tert-OH is 1. The molecular formula is C12H18N4O3. The van der Waals surface area contributed by atoms with Crippen LogP contribution in [0.25, 0.3) is 0 Å². The Labute approximate surface area is 111 Å². The van der Waals surface area contributed by atoms with Crippen LogP contribution < -0.4 is 10.6 Å². The van der Waals surface area contributed by atoms with Crippen LogP contribution in [0.2, 0.25) is 0 Å². The Morgan fingerprint density at radius 3 is 2.79 bits per heavy atom. The van der Waals surface area contributed by atoms with E-state index < -0.39 is 4.92 Å². The average molecular weight is 266 g/mol. The third-order valence-corrected chi connectivity index (χ3v) is 3.44. The first-order valence-corrected chi connectivity index (χ1v) is 6.36. The van der Waals surface area contributed by atoms with Gasteiger partial charge in [-0.3, -0.25) is 10.1 Å². The number of nitro groups is 1. The maximum Gasteiger partial charge on any atom is 0.276 e. The lowest BCUT2D eigenvalue weighted by molar-refractivity contribution is -0.384. The summed E-state index contributed by atoms with van der Waals surface area (Å²) in [5.74, 6) is 1.10. The molecule has 0 spiro atoms. The SMILES string of the molecule is CNc1cc([N+](=O)[O-])cc(NCC2CCCC2O)n1. The number of anilines is 2. The Hall–Kier alpha value is -1.89. The van der Waals surface area contributed by atoms with Crippen LogP contribution in [0.5, 0.6) is 0 Å². The summed E-state index contributed by atoms with van der Waals surface area (Å²) in [4.78, 5) is 14.6. The highest BCUT2D eigenvalue weighted by Gasteiger charge is 2.25. The van der Waals surface area contributed by atoms with Crippen LogP contribution >= 0.6 is 0 Å². The van der Waals surface area contributed by atoms with Gasteiger partial charge in [-0.25, -0.2) is 4.98 Å². The zero-order valence-electron chi connectivity index (χ0n) is 10.8. The monoisotopic (exact) mass is 266 g/mol. The highest BCUT2D eigenvalue weighted by Crippen LogP contribution is 2.26. The zero-order chi connectivity index (χ0) is 13.8. The summed E-state index contributed by atoms with van der Waals surface area (Å²) in [6, 6.07) is 2.79. The summed E-state index contributed by atoms with van der Waals surface area (Å²) < 4.78 is 0. The van der Waals surface area contributed by atoms with E-state index in [1.807, 2.05) is 0 Å². The van der Waals surface area contributed by atoms with Crippen LogP contribution in [-0.2, 0) is 0 Å². The highest BCUT2D eigenvalue weighted by molar-refractivity contribution is 5.54. The Balaban J connectivity index is 2.06. The second-order valence-electron chi connectivity index (χ2n) is 4.74. The van der Waals surface area contributed by atoms with Crippen molar-refractivity contribution in [1.29, 1.82) is 0 Å². The van der Waals surface area contributed by atoms with E-state index in [2.05, 4.69) is 15.6 Å². The molecule has 2 rings (SSSR count). The van der Waals surface area contributed by atoms with Crippen LogP contribution in [0.1, 0.15) is 19.3 Å². The van der Waals surface area contributed by atoms with Gasteiger partial charge in [-0.15, -0.1) is 0 Å². The smallest absolute Gasteiger partial charge is 0.276 e. The molecule has 104 valence electrons. The van der Waals surface area contributed by atoms with E-state index >= 15 is 0 Å². The van der Waals surface area contributed by atoms with Gasteiger partial charge < -0.3 is 15.7 Å². The molecular weight excluding hydrogens is 248 g/mol. The van der Waals surface area contributed by atoms with Crippen LogP contribution in [0, 0.1) is 16.0 Å². The summed E-state index contributed by atoms with van der Waals surface area (Å²) in [7, 11) is 1.66. The zero-order valence-corrected chi connectivity index (χ0v) is 10.8. The summed E-state index contributed by atoms with van der Waals surface area (Å²) in [5.41, 5.74) is -0.00572. The van der Waals surface area contributed by atoms with Gasteiger partial charge in [0.15, 0.2) is 0 Å². The molecule has 2 atom stereocenters. The van der Waals surface area contributed by atoms with Crippen LogP contribution in [0.4, 0.5) is 17.3 Å². The lowest BCUT2D eigenvalue weighted by Gasteiger charge is -2.15. The molecule has 1 heterocycles. The summed E-state index contributed by atoms with van der Waals surface area (Å²) in [5, 5.41) is 26.4. The molecule has 1 saturated carbocycles. The summed E-state index contributed by atoms with van der Waals surface area (Å²) >= 11 is 0. The average Bonchev–Trinajstić information content (AvgIpc) is 2.81. The molecule has 0 saturated heterocycles. The fourth-order valence-corrected chi connectivity index (χ4v) is 2.33. The van der Waals surface area contributed by atoms with E-state index in [9.17, 15) is 15.2 Å². The second kappa shape index (κ2) is 5.83. The van der Waals surface area contributed by atoms with Gasteiger partial charge in [-0.2, -0.15) is 0 Å². The topological polar surface area (TPSA) is 100 Å². The molecule has 0 aromatic carbocycles. The van der Waals surface area contributed by atoms with Gasteiger partial charge in [-0.05, 0) is 12.8 Å². The molecule has 0 bridgehead atoms. The van der Waals surface area contributed by atoms with Gasteiger partial charge in [0.05, 0.1) is 23.2 Å². The van der Waals surface area contributed by atoms with Crippen molar-refractivity contribution in [3.63, 3.8) is 0 Å². The first-order chi connectivity index (χ1) is 9.10. The van der Waals surface area contributed by atoms with E-state index in [-0.39, 0.29) is 17.7 Å². The molecule has 1 aromatic rings. The van der Waals surface area contributed by atoms with Gasteiger partial charge in [0, 0.05) is 19.5 Å². The minimum Gasteiger partial charge on any atom is -0.393 e. The van der Waals surface area contributed by atoms with Crippen molar-refractivity contribution in [3.8, 4) is 0 Å². The Morgan fingerprint density at radius 1 is 1.47 bits per heavy atom. The van der Waals surface area contributed by atoms with Crippen molar-refractivity contribution in [2.75, 3.05) is 24.2 Å². The summed E-state index contributed by atoms with van der Waals surface area (Å²) in [6.45, 7) is 0.582. The van der Waals surface area contributed by atoms with E-state index in [0.29, 0.717) is 18.2 Å². The number of pyridine rings is 1. The van der Waals surface area contributed by atoms with Crippen LogP contribution in [0.15, 0.2) is 12.1 Å². The molecule has 0 aliphatic heterocycles. The molecule has 1 aliphatic carbocycles. The van der Waals surface area contributed by atoms with E-state index in [4.69, 9.17) is 0 Å². The molecule has 7 heteroatoms. The van der Waals surface area contributed by atoms with Crippen molar-refractivity contribution in [3.05, 3.63) is 22.2 Å². The normalized spacial score (nSPS) is 22.2. The Bertz CT molecular complexity index is 466. The predicted molar refractivity (Wildman–Crippen MR) is 72.3 cm³/mol. The molecule has 7 nitrogen and oxygen atoms in total. The maximum atomic E-state index is 10.8. The van der Waals surface area contributed by atoms with Crippen molar-refractivity contribution < 1.29 is 10.0 Å². The largest absolute Gasteiger partial charge is 0.393 e. The number of nitrogens with zero attached hydrogens (tertiary/aromatic N) is 2. The molecule has 1 aromatic heterocycles. The molecule has 0 radical (unpaired) electrons. The lowest BCUT2D eigenvalue weighted by atomic mass is 10.1. The predicted octanol–water partition coefficient (Wildman–Crippen LogP) is 1.60. The number of hydrogen-bond acceptors (Lipinski definition) is 6. The van der Waals surface area contributed by atoms with Crippen molar-refractivity contribution in [2.45, 2.75) is 25.4 Å². The minimum atomic E-state index is -0.446. The van der Waals surface area contributed by atoms with Crippen molar-refractivity contribution in [1.82, 2.24) is 4.98 Å². The summed E-state index contributed by atoms with van der Waals surface area (Å²) in [6.07, 6.45) is 2.55. The number of hydrogen-bond donors (Lipinski definition) is 3. The number of rotatable bonds is 5. The highest BCUT2D eigenvalue weighted by atomic mass is 16.6. The van der Waals surface area contributed by atoms with Gasteiger partial charge >= 0.3 is 0 Å². The Morgan fingerprint density at radius 2 is 2.21 bits per heavy atom. The van der Waals surface area contributed by atoms with Crippen molar-refractivity contribution in [2.24, 2.45) is 5.92 Å². The third kappa shape index (κ3) is 3.31. The van der Waals surface area contributed by atoms with Crippen molar-refractivity contribution >= 4 is 17.3 Å². The first-order valence-electron chi connectivity index (χ1n) is 6.36. The molecule has 1 fully saturated rings. The van der Waals surface area contributed by atoms with E-state index in [1.54, 1.807) is 7.05 Å².